The standard InChI is InChI=1S/C19H23ClN6/c1-13-12-26(7-6-22-13)18-2-3-21-11-17(18)25-10-14-8-15(20)19-16(9-14)23-4-5-24-19/h2,4-5,8-9,11,13,21-22,25H,3,6-7,10,12H2,1H3. The summed E-state index contributed by atoms with van der Waals surface area (Å²) in [5, 5.41) is 11.0. The molecule has 0 aliphatic carbocycles. The number of dihydropyridines is 1. The highest BCUT2D eigenvalue weighted by molar-refractivity contribution is 6.34. The molecule has 0 spiro atoms. The van der Waals surface area contributed by atoms with Gasteiger partial charge >= 0.3 is 0 Å². The zero-order valence-electron chi connectivity index (χ0n) is 14.8. The van der Waals surface area contributed by atoms with Crippen molar-refractivity contribution in [1.29, 1.82) is 0 Å². The van der Waals surface area contributed by atoms with Gasteiger partial charge in [-0.2, -0.15) is 0 Å². The summed E-state index contributed by atoms with van der Waals surface area (Å²) in [4.78, 5) is 11.1. The number of fused-ring (bicyclic) bond motifs is 1. The van der Waals surface area contributed by atoms with Crippen LogP contribution in [0.4, 0.5) is 0 Å². The van der Waals surface area contributed by atoms with Crippen molar-refractivity contribution in [3.63, 3.8) is 0 Å². The third-order valence-electron chi connectivity index (χ3n) is 4.72. The summed E-state index contributed by atoms with van der Waals surface area (Å²) in [7, 11) is 0. The first-order chi connectivity index (χ1) is 12.7. The largest absolute Gasteiger partial charge is 0.386 e. The molecule has 7 heteroatoms. The van der Waals surface area contributed by atoms with E-state index in [1.54, 1.807) is 12.4 Å². The monoisotopic (exact) mass is 370 g/mol. The second kappa shape index (κ2) is 7.51. The number of rotatable bonds is 4. The summed E-state index contributed by atoms with van der Waals surface area (Å²) < 4.78 is 0. The molecule has 1 atom stereocenters. The van der Waals surface area contributed by atoms with Crippen molar-refractivity contribution < 1.29 is 0 Å². The second-order valence-electron chi connectivity index (χ2n) is 6.71. The van der Waals surface area contributed by atoms with Crippen LogP contribution in [0.5, 0.6) is 0 Å². The normalized spacial score (nSPS) is 20.4. The van der Waals surface area contributed by atoms with Gasteiger partial charge in [0, 0.05) is 57.4 Å². The van der Waals surface area contributed by atoms with Crippen LogP contribution in [0, 0.1) is 0 Å². The lowest BCUT2D eigenvalue weighted by molar-refractivity contribution is 0.256. The smallest absolute Gasteiger partial charge is 0.107 e. The summed E-state index contributed by atoms with van der Waals surface area (Å²) in [6.45, 7) is 6.81. The minimum Gasteiger partial charge on any atom is -0.386 e. The van der Waals surface area contributed by atoms with Crippen molar-refractivity contribution in [2.45, 2.75) is 19.5 Å². The van der Waals surface area contributed by atoms with Crippen LogP contribution in [0.25, 0.3) is 11.0 Å². The van der Waals surface area contributed by atoms with Crippen LogP contribution in [0.3, 0.4) is 0 Å². The van der Waals surface area contributed by atoms with Crippen molar-refractivity contribution >= 4 is 22.6 Å². The highest BCUT2D eigenvalue weighted by Crippen LogP contribution is 2.23. The van der Waals surface area contributed by atoms with Gasteiger partial charge in [0.25, 0.3) is 0 Å². The summed E-state index contributed by atoms with van der Waals surface area (Å²) in [5.41, 5.74) is 5.03. The Morgan fingerprint density at radius 2 is 2.19 bits per heavy atom. The molecule has 2 aromatic rings. The molecule has 0 bridgehead atoms. The van der Waals surface area contributed by atoms with Gasteiger partial charge in [-0.3, -0.25) is 9.97 Å². The van der Waals surface area contributed by atoms with Gasteiger partial charge < -0.3 is 20.9 Å². The number of aromatic nitrogens is 2. The Morgan fingerprint density at radius 1 is 1.31 bits per heavy atom. The first-order valence-electron chi connectivity index (χ1n) is 8.96. The number of hydrogen-bond acceptors (Lipinski definition) is 6. The molecule has 1 fully saturated rings. The molecular formula is C19H23ClN6. The van der Waals surface area contributed by atoms with Gasteiger partial charge in [0.1, 0.15) is 5.52 Å². The molecule has 6 nitrogen and oxygen atoms in total. The molecule has 26 heavy (non-hydrogen) atoms. The Balaban J connectivity index is 1.49. The third-order valence-corrected chi connectivity index (χ3v) is 5.00. The molecule has 0 saturated carbocycles. The first kappa shape index (κ1) is 17.1. The lowest BCUT2D eigenvalue weighted by Gasteiger charge is -2.37. The number of hydrogen-bond donors (Lipinski definition) is 3. The molecule has 0 radical (unpaired) electrons. The number of benzene rings is 1. The van der Waals surface area contributed by atoms with E-state index < -0.39 is 0 Å². The van der Waals surface area contributed by atoms with E-state index in [1.165, 1.54) is 5.70 Å². The summed E-state index contributed by atoms with van der Waals surface area (Å²) in [6.07, 6.45) is 7.66. The maximum absolute atomic E-state index is 6.37. The molecule has 1 saturated heterocycles. The van der Waals surface area contributed by atoms with Crippen molar-refractivity contribution in [3.05, 3.63) is 58.8 Å². The molecular weight excluding hydrogens is 348 g/mol. The van der Waals surface area contributed by atoms with E-state index in [0.717, 1.165) is 48.5 Å². The van der Waals surface area contributed by atoms with Gasteiger partial charge in [-0.15, -0.1) is 0 Å². The molecule has 0 amide bonds. The van der Waals surface area contributed by atoms with Crippen LogP contribution in [0.2, 0.25) is 5.02 Å². The van der Waals surface area contributed by atoms with E-state index in [-0.39, 0.29) is 0 Å². The molecule has 1 aromatic carbocycles. The zero-order chi connectivity index (χ0) is 17.9. The van der Waals surface area contributed by atoms with Crippen LogP contribution in [0.1, 0.15) is 12.5 Å². The van der Waals surface area contributed by atoms with Gasteiger partial charge in [0.2, 0.25) is 0 Å². The summed E-state index contributed by atoms with van der Waals surface area (Å²) in [6, 6.07) is 4.49. The lowest BCUT2D eigenvalue weighted by atomic mass is 10.1. The summed E-state index contributed by atoms with van der Waals surface area (Å²) in [5.74, 6) is 0. The third kappa shape index (κ3) is 3.61. The molecule has 2 aliphatic rings. The zero-order valence-corrected chi connectivity index (χ0v) is 15.6. The average Bonchev–Trinajstić information content (AvgIpc) is 2.67. The van der Waals surface area contributed by atoms with E-state index in [4.69, 9.17) is 11.6 Å². The highest BCUT2D eigenvalue weighted by atomic mass is 35.5. The van der Waals surface area contributed by atoms with Crippen molar-refractivity contribution in [2.24, 2.45) is 0 Å². The van der Waals surface area contributed by atoms with E-state index >= 15 is 0 Å². The number of nitrogens with zero attached hydrogens (tertiary/aromatic N) is 3. The van der Waals surface area contributed by atoms with Gasteiger partial charge in [-0.1, -0.05) is 11.6 Å². The Bertz CT molecular complexity index is 862. The fourth-order valence-corrected chi connectivity index (χ4v) is 3.76. The fourth-order valence-electron chi connectivity index (χ4n) is 3.48. The minimum atomic E-state index is 0.499. The van der Waals surface area contributed by atoms with Gasteiger partial charge in [-0.05, 0) is 30.7 Å². The number of nitrogens with one attached hydrogen (secondary N) is 3. The molecule has 1 aromatic heterocycles. The van der Waals surface area contributed by atoms with Gasteiger partial charge in [-0.25, -0.2) is 0 Å². The van der Waals surface area contributed by atoms with E-state index in [0.29, 0.717) is 17.6 Å². The van der Waals surface area contributed by atoms with Gasteiger partial charge in [0.15, 0.2) is 0 Å². The van der Waals surface area contributed by atoms with Crippen LogP contribution < -0.4 is 16.0 Å². The van der Waals surface area contributed by atoms with E-state index in [9.17, 15) is 0 Å². The van der Waals surface area contributed by atoms with E-state index in [2.05, 4.69) is 50.0 Å². The maximum atomic E-state index is 6.37. The van der Waals surface area contributed by atoms with E-state index in [1.807, 2.05) is 12.1 Å². The second-order valence-corrected chi connectivity index (χ2v) is 7.12. The Hall–Kier alpha value is -2.31. The number of halogens is 1. The summed E-state index contributed by atoms with van der Waals surface area (Å²) >= 11 is 6.37. The first-order valence-corrected chi connectivity index (χ1v) is 9.34. The van der Waals surface area contributed by atoms with Crippen LogP contribution in [-0.2, 0) is 6.54 Å². The average molecular weight is 371 g/mol. The molecule has 2 aliphatic heterocycles. The predicted octanol–water partition coefficient (Wildman–Crippen LogP) is 1.99. The lowest BCUT2D eigenvalue weighted by Crippen LogP contribution is -2.49. The predicted molar refractivity (Wildman–Crippen MR) is 105 cm³/mol. The Labute approximate surface area is 158 Å². The molecule has 4 rings (SSSR count). The maximum Gasteiger partial charge on any atom is 0.107 e. The highest BCUT2D eigenvalue weighted by Gasteiger charge is 2.21. The quantitative estimate of drug-likeness (QED) is 0.765. The van der Waals surface area contributed by atoms with Crippen molar-refractivity contribution in [2.75, 3.05) is 26.2 Å². The fraction of sp³-hybridized carbons (Fsp3) is 0.368. The van der Waals surface area contributed by atoms with Crippen LogP contribution in [0.15, 0.2) is 48.2 Å². The van der Waals surface area contributed by atoms with Crippen molar-refractivity contribution in [1.82, 2.24) is 30.8 Å². The SMILES string of the molecule is CC1CN(C2=CCNC=C2NCc2cc(Cl)c3nccnc3c2)CCN1. The van der Waals surface area contributed by atoms with Crippen LogP contribution in [-0.4, -0.2) is 47.1 Å². The molecule has 136 valence electrons. The molecule has 3 N–H and O–H groups in total. The topological polar surface area (TPSA) is 65.1 Å². The van der Waals surface area contributed by atoms with Gasteiger partial charge in [0.05, 0.1) is 21.9 Å². The molecule has 1 unspecified atom stereocenters. The number of piperazine rings is 1. The van der Waals surface area contributed by atoms with Crippen LogP contribution >= 0.6 is 11.6 Å². The minimum absolute atomic E-state index is 0.499. The Morgan fingerprint density at radius 3 is 3.08 bits per heavy atom. The Kier molecular flexibility index (Phi) is 4.95. The van der Waals surface area contributed by atoms with Crippen molar-refractivity contribution in [3.8, 4) is 0 Å². The molecule has 3 heterocycles.